The third-order valence-corrected chi connectivity index (χ3v) is 7.23. The van der Waals surface area contributed by atoms with Gasteiger partial charge in [0.05, 0.1) is 6.10 Å². The van der Waals surface area contributed by atoms with Crippen molar-refractivity contribution in [3.63, 3.8) is 0 Å². The minimum Gasteiger partial charge on any atom is -0.481 e. The summed E-state index contributed by atoms with van der Waals surface area (Å²) in [7, 11) is 0. The van der Waals surface area contributed by atoms with Gasteiger partial charge in [-0.05, 0) is 58.3 Å². The molecular formula is C33H62O4. The molecule has 218 valence electrons. The maximum absolute atomic E-state index is 12.1. The lowest BCUT2D eigenvalue weighted by molar-refractivity contribution is -0.148. The molecule has 0 aromatic rings. The SMILES string of the molecule is CCCCCC/C=C\CCCCCCCC(=O)OC(C)CCCCCCCCCCCCCCC(=O)O. The van der Waals surface area contributed by atoms with E-state index in [0.717, 1.165) is 38.5 Å². The smallest absolute Gasteiger partial charge is 0.306 e. The number of hydrogen-bond donors (Lipinski definition) is 1. The summed E-state index contributed by atoms with van der Waals surface area (Å²) in [5.41, 5.74) is 0. The molecule has 0 aromatic heterocycles. The standard InChI is InChI=1S/C33H62O4/c1-3-4-5-6-7-8-9-10-15-18-21-24-27-30-33(36)37-31(2)28-25-22-19-16-13-11-12-14-17-20-23-26-29-32(34)35/h8-9,31H,3-7,10-30H2,1-2H3,(H,34,35)/b9-8-. The summed E-state index contributed by atoms with van der Waals surface area (Å²) in [6.07, 6.45) is 34.8. The van der Waals surface area contributed by atoms with Crippen LogP contribution in [0.1, 0.15) is 181 Å². The quantitative estimate of drug-likeness (QED) is 0.0602. The number of carbonyl (C=O) groups is 2. The number of rotatable bonds is 29. The minimum absolute atomic E-state index is 0.0135. The zero-order valence-electron chi connectivity index (χ0n) is 24.8. The fourth-order valence-corrected chi connectivity index (χ4v) is 4.80. The van der Waals surface area contributed by atoms with Gasteiger partial charge in [0.1, 0.15) is 0 Å². The summed E-state index contributed by atoms with van der Waals surface area (Å²) in [4.78, 5) is 22.5. The monoisotopic (exact) mass is 522 g/mol. The molecule has 0 amide bonds. The Morgan fingerprint density at radius 2 is 1.00 bits per heavy atom. The van der Waals surface area contributed by atoms with Crippen molar-refractivity contribution >= 4 is 11.9 Å². The Hall–Kier alpha value is -1.32. The molecule has 37 heavy (non-hydrogen) atoms. The summed E-state index contributed by atoms with van der Waals surface area (Å²) < 4.78 is 5.60. The van der Waals surface area contributed by atoms with Crippen LogP contribution in [0.15, 0.2) is 12.2 Å². The maximum atomic E-state index is 12.1. The van der Waals surface area contributed by atoms with Crippen molar-refractivity contribution in [3.8, 4) is 0 Å². The second-order valence-corrected chi connectivity index (χ2v) is 11.1. The third kappa shape index (κ3) is 30.8. The first-order chi connectivity index (χ1) is 18.1. The van der Waals surface area contributed by atoms with Gasteiger partial charge in [0.25, 0.3) is 0 Å². The molecule has 4 heteroatoms. The first-order valence-corrected chi connectivity index (χ1v) is 16.1. The zero-order chi connectivity index (χ0) is 27.2. The first-order valence-electron chi connectivity index (χ1n) is 16.1. The topological polar surface area (TPSA) is 63.6 Å². The molecule has 1 unspecified atom stereocenters. The van der Waals surface area contributed by atoms with Crippen LogP contribution in [0.5, 0.6) is 0 Å². The molecular weight excluding hydrogens is 460 g/mol. The lowest BCUT2D eigenvalue weighted by Crippen LogP contribution is -2.14. The second kappa shape index (κ2) is 29.2. The van der Waals surface area contributed by atoms with Gasteiger partial charge >= 0.3 is 11.9 Å². The average Bonchev–Trinajstić information content (AvgIpc) is 2.86. The molecule has 0 spiro atoms. The van der Waals surface area contributed by atoms with E-state index in [9.17, 15) is 9.59 Å². The highest BCUT2D eigenvalue weighted by molar-refractivity contribution is 5.69. The number of ether oxygens (including phenoxy) is 1. The first kappa shape index (κ1) is 35.7. The van der Waals surface area contributed by atoms with E-state index < -0.39 is 5.97 Å². The number of allylic oxidation sites excluding steroid dienone is 2. The molecule has 0 aliphatic carbocycles. The molecule has 1 atom stereocenters. The number of carboxylic acids is 1. The Labute approximate surface area is 230 Å². The number of hydrogen-bond acceptors (Lipinski definition) is 3. The van der Waals surface area contributed by atoms with E-state index in [1.54, 1.807) is 0 Å². The Balaban J connectivity index is 3.33. The van der Waals surface area contributed by atoms with Crippen LogP contribution in [-0.2, 0) is 14.3 Å². The van der Waals surface area contributed by atoms with Gasteiger partial charge in [0.2, 0.25) is 0 Å². The average molecular weight is 523 g/mol. The Kier molecular flexibility index (Phi) is 28.2. The van der Waals surface area contributed by atoms with Crippen LogP contribution in [-0.4, -0.2) is 23.1 Å². The van der Waals surface area contributed by atoms with Gasteiger partial charge in [-0.2, -0.15) is 0 Å². The van der Waals surface area contributed by atoms with Crippen LogP contribution >= 0.6 is 0 Å². The molecule has 0 aromatic carbocycles. The van der Waals surface area contributed by atoms with Crippen LogP contribution in [0.4, 0.5) is 0 Å². The third-order valence-electron chi connectivity index (χ3n) is 7.23. The molecule has 0 bridgehead atoms. The van der Waals surface area contributed by atoms with Crippen molar-refractivity contribution in [2.45, 2.75) is 187 Å². The molecule has 0 heterocycles. The molecule has 0 radical (unpaired) electrons. The zero-order valence-corrected chi connectivity index (χ0v) is 24.8. The van der Waals surface area contributed by atoms with E-state index in [1.165, 1.54) is 116 Å². The van der Waals surface area contributed by atoms with E-state index in [0.29, 0.717) is 12.8 Å². The van der Waals surface area contributed by atoms with Crippen LogP contribution in [0.3, 0.4) is 0 Å². The van der Waals surface area contributed by atoms with Gasteiger partial charge in [-0.25, -0.2) is 0 Å². The van der Waals surface area contributed by atoms with Crippen molar-refractivity contribution in [1.82, 2.24) is 0 Å². The number of unbranched alkanes of at least 4 members (excludes halogenated alkanes) is 20. The van der Waals surface area contributed by atoms with Crippen molar-refractivity contribution in [2.75, 3.05) is 0 Å². The van der Waals surface area contributed by atoms with E-state index >= 15 is 0 Å². The Bertz CT molecular complexity index is 528. The summed E-state index contributed by atoms with van der Waals surface area (Å²) in [5.74, 6) is -0.686. The number of esters is 1. The predicted octanol–water partition coefficient (Wildman–Crippen LogP) is 10.7. The van der Waals surface area contributed by atoms with Crippen molar-refractivity contribution in [2.24, 2.45) is 0 Å². The predicted molar refractivity (Wildman–Crippen MR) is 158 cm³/mol. The van der Waals surface area contributed by atoms with Gasteiger partial charge in [0.15, 0.2) is 0 Å². The molecule has 0 aliphatic heterocycles. The van der Waals surface area contributed by atoms with Crippen LogP contribution in [0.25, 0.3) is 0 Å². The van der Waals surface area contributed by atoms with Gasteiger partial charge in [0, 0.05) is 12.8 Å². The molecule has 0 saturated carbocycles. The van der Waals surface area contributed by atoms with Crippen molar-refractivity contribution < 1.29 is 19.4 Å². The van der Waals surface area contributed by atoms with Crippen LogP contribution < -0.4 is 0 Å². The summed E-state index contributed by atoms with van der Waals surface area (Å²) in [6, 6.07) is 0. The van der Waals surface area contributed by atoms with Gasteiger partial charge in [-0.1, -0.05) is 122 Å². The number of carbonyl (C=O) groups excluding carboxylic acids is 1. The van der Waals surface area contributed by atoms with E-state index in [4.69, 9.17) is 9.84 Å². The van der Waals surface area contributed by atoms with E-state index in [1.807, 2.05) is 6.92 Å². The Morgan fingerprint density at radius 1 is 0.595 bits per heavy atom. The molecule has 0 aliphatic rings. The highest BCUT2D eigenvalue weighted by atomic mass is 16.5. The molecule has 1 N–H and O–H groups in total. The minimum atomic E-state index is -0.672. The highest BCUT2D eigenvalue weighted by Gasteiger charge is 2.09. The molecule has 4 nitrogen and oxygen atoms in total. The Morgan fingerprint density at radius 3 is 1.49 bits per heavy atom. The largest absolute Gasteiger partial charge is 0.481 e. The van der Waals surface area contributed by atoms with Crippen LogP contribution in [0, 0.1) is 0 Å². The van der Waals surface area contributed by atoms with Crippen LogP contribution in [0.2, 0.25) is 0 Å². The summed E-state index contributed by atoms with van der Waals surface area (Å²) in [5, 5.41) is 8.62. The molecule has 0 rings (SSSR count). The lowest BCUT2D eigenvalue weighted by atomic mass is 10.0. The number of carboxylic acid groups (broad SMARTS) is 1. The normalized spacial score (nSPS) is 12.3. The fraction of sp³-hybridized carbons (Fsp3) is 0.879. The fourth-order valence-electron chi connectivity index (χ4n) is 4.80. The van der Waals surface area contributed by atoms with Gasteiger partial charge < -0.3 is 9.84 Å². The second-order valence-electron chi connectivity index (χ2n) is 11.1. The maximum Gasteiger partial charge on any atom is 0.306 e. The summed E-state index contributed by atoms with van der Waals surface area (Å²) in [6.45, 7) is 4.30. The lowest BCUT2D eigenvalue weighted by Gasteiger charge is -2.13. The van der Waals surface area contributed by atoms with E-state index in [2.05, 4.69) is 19.1 Å². The highest BCUT2D eigenvalue weighted by Crippen LogP contribution is 2.15. The van der Waals surface area contributed by atoms with Crippen molar-refractivity contribution in [1.29, 1.82) is 0 Å². The number of aliphatic carboxylic acids is 1. The summed E-state index contributed by atoms with van der Waals surface area (Å²) >= 11 is 0. The molecule has 0 fully saturated rings. The van der Waals surface area contributed by atoms with E-state index in [-0.39, 0.29) is 12.1 Å². The van der Waals surface area contributed by atoms with Gasteiger partial charge in [-0.3, -0.25) is 9.59 Å². The van der Waals surface area contributed by atoms with Gasteiger partial charge in [-0.15, -0.1) is 0 Å². The van der Waals surface area contributed by atoms with Crippen molar-refractivity contribution in [3.05, 3.63) is 12.2 Å². The molecule has 0 saturated heterocycles.